The number of aromatic nitrogens is 5. The summed E-state index contributed by atoms with van der Waals surface area (Å²) in [6.07, 6.45) is 8.16. The smallest absolute Gasteiger partial charge is 0.229 e. The van der Waals surface area contributed by atoms with Crippen molar-refractivity contribution in [1.29, 1.82) is 0 Å². The van der Waals surface area contributed by atoms with E-state index >= 15 is 0 Å². The number of nitrogens with one attached hydrogen (secondary N) is 1. The van der Waals surface area contributed by atoms with E-state index in [1.165, 1.54) is 12.0 Å². The van der Waals surface area contributed by atoms with Crippen molar-refractivity contribution in [2.75, 3.05) is 6.54 Å². The van der Waals surface area contributed by atoms with Crippen molar-refractivity contribution in [2.24, 2.45) is 0 Å². The van der Waals surface area contributed by atoms with E-state index in [1.807, 2.05) is 23.0 Å². The highest BCUT2D eigenvalue weighted by Crippen LogP contribution is 2.25. The van der Waals surface area contributed by atoms with Gasteiger partial charge in [-0.05, 0) is 43.4 Å². The quantitative estimate of drug-likeness (QED) is 0.205. The van der Waals surface area contributed by atoms with Gasteiger partial charge in [-0.3, -0.25) is 0 Å². The number of allylic oxidation sites excluding steroid dienone is 1. The van der Waals surface area contributed by atoms with E-state index < -0.39 is 0 Å². The van der Waals surface area contributed by atoms with Gasteiger partial charge in [-0.15, -0.1) is 5.10 Å². The summed E-state index contributed by atoms with van der Waals surface area (Å²) in [6, 6.07) is 17.1. The van der Waals surface area contributed by atoms with E-state index in [2.05, 4.69) is 108 Å². The highest BCUT2D eigenvalue weighted by Gasteiger charge is 2.28. The van der Waals surface area contributed by atoms with Crippen LogP contribution in [0.5, 0.6) is 0 Å². The number of benzene rings is 2. The molecule has 1 aliphatic heterocycles. The van der Waals surface area contributed by atoms with Crippen molar-refractivity contribution in [1.82, 2.24) is 33.6 Å². The van der Waals surface area contributed by atoms with Gasteiger partial charge in [0.2, 0.25) is 11.7 Å². The fourth-order valence-electron chi connectivity index (χ4n) is 4.66. The molecule has 9 heteroatoms. The zero-order valence-corrected chi connectivity index (χ0v) is 22.7. The maximum atomic E-state index is 5.61. The first-order chi connectivity index (χ1) is 17.7. The molecule has 1 N–H and O–H groups in total. The minimum atomic E-state index is 0.367. The summed E-state index contributed by atoms with van der Waals surface area (Å²) in [6.45, 7) is 5.90. The van der Waals surface area contributed by atoms with E-state index in [0.717, 1.165) is 54.0 Å². The Balaban J connectivity index is 1.22. The largest absolute Gasteiger partial charge is 0.355 e. The van der Waals surface area contributed by atoms with Gasteiger partial charge >= 0.3 is 0 Å². The molecule has 1 atom stereocenters. The fraction of sp³-hybridized carbons (Fsp3) is 0.333. The zero-order valence-electron chi connectivity index (χ0n) is 20.6. The van der Waals surface area contributed by atoms with Gasteiger partial charge in [0.05, 0.1) is 35.6 Å². The first-order valence-corrected chi connectivity index (χ1v) is 13.5. The van der Waals surface area contributed by atoms with Crippen LogP contribution in [0.4, 0.5) is 0 Å². The van der Waals surface area contributed by atoms with Crippen LogP contribution in [0.1, 0.15) is 43.7 Å². The van der Waals surface area contributed by atoms with Crippen molar-refractivity contribution < 1.29 is 4.52 Å². The Kier molecular flexibility index (Phi) is 7.64. The Morgan fingerprint density at radius 1 is 1.11 bits per heavy atom. The third-order valence-electron chi connectivity index (χ3n) is 6.69. The molecule has 186 valence electrons. The summed E-state index contributed by atoms with van der Waals surface area (Å²) in [4.78, 5) is 7.07. The Hall–Kier alpha value is -3.21. The molecule has 2 aromatic heterocycles. The van der Waals surface area contributed by atoms with Gasteiger partial charge in [-0.1, -0.05) is 65.8 Å². The standard InChI is InChI=1S/C27H30IN7O/c1-3-19-7-11-21(12-8-19)24-18-34(33-31-24)17-20-9-13-22(14-10-20)27-29-26(36-32-27)16-23-6-5-15-35(23)25(4-2)30-28/h4,7-14,18,23,30H,3,5-6,15-17H2,1-2H3/b25-4-. The fourth-order valence-corrected chi connectivity index (χ4v) is 5.28. The second-order valence-electron chi connectivity index (χ2n) is 9.02. The van der Waals surface area contributed by atoms with E-state index in [9.17, 15) is 0 Å². The number of likely N-dealkylation sites (tertiary alicyclic amines) is 1. The number of aryl methyl sites for hydroxylation is 1. The second kappa shape index (κ2) is 11.2. The number of halogens is 1. The minimum Gasteiger partial charge on any atom is -0.355 e. The van der Waals surface area contributed by atoms with Crippen LogP contribution in [0, 0.1) is 0 Å². The summed E-state index contributed by atoms with van der Waals surface area (Å²) in [7, 11) is 0. The summed E-state index contributed by atoms with van der Waals surface area (Å²) in [5.41, 5.74) is 5.35. The highest BCUT2D eigenvalue weighted by molar-refractivity contribution is 14.1. The van der Waals surface area contributed by atoms with Crippen LogP contribution in [0.2, 0.25) is 0 Å². The average molecular weight is 595 g/mol. The van der Waals surface area contributed by atoms with Crippen molar-refractivity contribution in [3.63, 3.8) is 0 Å². The Labute approximate surface area is 225 Å². The number of nitrogens with zero attached hydrogens (tertiary/aromatic N) is 6. The van der Waals surface area contributed by atoms with Gasteiger partial charge in [0.1, 0.15) is 11.5 Å². The first kappa shape index (κ1) is 24.5. The van der Waals surface area contributed by atoms with Gasteiger partial charge in [-0.2, -0.15) is 4.98 Å². The number of hydrogen-bond acceptors (Lipinski definition) is 7. The van der Waals surface area contributed by atoms with Crippen LogP contribution in [0.25, 0.3) is 22.6 Å². The monoisotopic (exact) mass is 595 g/mol. The average Bonchev–Trinajstić information content (AvgIpc) is 3.68. The molecule has 4 aromatic rings. The summed E-state index contributed by atoms with van der Waals surface area (Å²) < 4.78 is 10.7. The molecule has 5 rings (SSSR count). The van der Waals surface area contributed by atoms with Crippen molar-refractivity contribution >= 4 is 22.9 Å². The molecule has 8 nitrogen and oxygen atoms in total. The van der Waals surface area contributed by atoms with Crippen LogP contribution in [0.15, 0.2) is 71.1 Å². The number of hydrogen-bond donors (Lipinski definition) is 1. The molecular weight excluding hydrogens is 565 g/mol. The lowest BCUT2D eigenvalue weighted by Crippen LogP contribution is -2.34. The normalized spacial score (nSPS) is 16.0. The molecule has 0 radical (unpaired) electrons. The lowest BCUT2D eigenvalue weighted by atomic mass is 10.1. The third-order valence-corrected chi connectivity index (χ3v) is 7.24. The molecule has 0 aliphatic carbocycles. The van der Waals surface area contributed by atoms with Crippen LogP contribution < -0.4 is 3.53 Å². The molecule has 1 fully saturated rings. The van der Waals surface area contributed by atoms with Crippen LogP contribution in [0.3, 0.4) is 0 Å². The minimum absolute atomic E-state index is 0.367. The topological polar surface area (TPSA) is 84.9 Å². The molecule has 0 spiro atoms. The van der Waals surface area contributed by atoms with Crippen LogP contribution in [-0.4, -0.2) is 42.6 Å². The summed E-state index contributed by atoms with van der Waals surface area (Å²) in [5, 5.41) is 12.9. The summed E-state index contributed by atoms with van der Waals surface area (Å²) >= 11 is 2.19. The molecule has 36 heavy (non-hydrogen) atoms. The molecule has 1 unspecified atom stereocenters. The molecular formula is C27H30IN7O. The lowest BCUT2D eigenvalue weighted by molar-refractivity contribution is 0.280. The number of rotatable bonds is 9. The molecule has 0 amide bonds. The van der Waals surface area contributed by atoms with E-state index in [-0.39, 0.29) is 0 Å². The predicted octanol–water partition coefficient (Wildman–Crippen LogP) is 5.41. The van der Waals surface area contributed by atoms with Crippen molar-refractivity contribution in [3.05, 3.63) is 83.6 Å². The van der Waals surface area contributed by atoms with E-state index in [4.69, 9.17) is 4.52 Å². The molecule has 1 saturated heterocycles. The summed E-state index contributed by atoms with van der Waals surface area (Å²) in [5.74, 6) is 2.44. The predicted molar refractivity (Wildman–Crippen MR) is 148 cm³/mol. The van der Waals surface area contributed by atoms with Gasteiger partial charge in [-0.25, -0.2) is 4.68 Å². The van der Waals surface area contributed by atoms with Gasteiger partial charge in [0.25, 0.3) is 0 Å². The van der Waals surface area contributed by atoms with Crippen LogP contribution in [-0.2, 0) is 19.4 Å². The van der Waals surface area contributed by atoms with E-state index in [0.29, 0.717) is 24.3 Å². The van der Waals surface area contributed by atoms with Gasteiger partial charge in [0, 0.05) is 30.1 Å². The lowest BCUT2D eigenvalue weighted by Gasteiger charge is -2.27. The van der Waals surface area contributed by atoms with E-state index in [1.54, 1.807) is 0 Å². The van der Waals surface area contributed by atoms with Crippen molar-refractivity contribution in [2.45, 2.75) is 52.1 Å². The molecule has 1 aliphatic rings. The molecule has 0 bridgehead atoms. The third kappa shape index (κ3) is 5.45. The highest BCUT2D eigenvalue weighted by atomic mass is 127. The first-order valence-electron chi connectivity index (χ1n) is 12.4. The SMILES string of the molecule is C/C=C(/NI)N1CCCC1Cc1nc(-c2ccc(Cn3cc(-c4ccc(CC)cc4)nn3)cc2)no1. The Morgan fingerprint density at radius 2 is 1.86 bits per heavy atom. The zero-order chi connectivity index (χ0) is 24.9. The maximum Gasteiger partial charge on any atom is 0.229 e. The second-order valence-corrected chi connectivity index (χ2v) is 9.56. The van der Waals surface area contributed by atoms with Gasteiger partial charge in [0.15, 0.2) is 0 Å². The Bertz CT molecular complexity index is 1310. The van der Waals surface area contributed by atoms with Gasteiger partial charge < -0.3 is 13.0 Å². The Morgan fingerprint density at radius 3 is 2.58 bits per heavy atom. The van der Waals surface area contributed by atoms with Crippen LogP contribution >= 0.6 is 22.9 Å². The molecule has 3 heterocycles. The molecule has 0 saturated carbocycles. The van der Waals surface area contributed by atoms with Crippen molar-refractivity contribution in [3.8, 4) is 22.6 Å². The maximum absolute atomic E-state index is 5.61. The molecule has 2 aromatic carbocycles.